The molecule has 0 spiro atoms. The van der Waals surface area contributed by atoms with Gasteiger partial charge in [-0.3, -0.25) is 0 Å². The van der Waals surface area contributed by atoms with E-state index in [1.165, 1.54) is 25.7 Å². The zero-order valence-corrected chi connectivity index (χ0v) is 15.8. The number of anilines is 2. The molecule has 0 unspecified atom stereocenters. The Balaban J connectivity index is 1.37. The minimum atomic E-state index is 0.496. The maximum Gasteiger partial charge on any atom is 0.244 e. The van der Waals surface area contributed by atoms with E-state index >= 15 is 0 Å². The van der Waals surface area contributed by atoms with Crippen molar-refractivity contribution < 1.29 is 9.47 Å². The topological polar surface area (TPSA) is 81.2 Å². The zero-order chi connectivity index (χ0) is 18.7. The lowest BCUT2D eigenvalue weighted by Gasteiger charge is -2.13. The van der Waals surface area contributed by atoms with Crippen molar-refractivity contribution in [3.63, 3.8) is 0 Å². The van der Waals surface area contributed by atoms with Gasteiger partial charge in [0.2, 0.25) is 5.95 Å². The first-order chi connectivity index (χ1) is 13.3. The first kappa shape index (κ1) is 18.9. The van der Waals surface area contributed by atoms with Gasteiger partial charge in [-0.05, 0) is 56.4 Å². The smallest absolute Gasteiger partial charge is 0.244 e. The quantitative estimate of drug-likeness (QED) is 0.488. The molecule has 2 N–H and O–H groups in total. The van der Waals surface area contributed by atoms with Gasteiger partial charge in [-0.2, -0.15) is 10.1 Å². The summed E-state index contributed by atoms with van der Waals surface area (Å²) in [7, 11) is 1.64. The van der Waals surface area contributed by atoms with Gasteiger partial charge in [-0.15, -0.1) is 5.10 Å². The summed E-state index contributed by atoms with van der Waals surface area (Å²) in [5, 5.41) is 14.5. The van der Waals surface area contributed by atoms with E-state index < -0.39 is 0 Å². The first-order valence-corrected chi connectivity index (χ1v) is 9.46. The molecule has 1 aliphatic rings. The second-order valence-electron chi connectivity index (χ2n) is 6.40. The van der Waals surface area contributed by atoms with E-state index in [1.54, 1.807) is 18.9 Å². The maximum atomic E-state index is 5.67. The van der Waals surface area contributed by atoms with Crippen LogP contribution in [0.1, 0.15) is 32.1 Å². The molecule has 27 heavy (non-hydrogen) atoms. The molecule has 144 valence electrons. The van der Waals surface area contributed by atoms with Crippen molar-refractivity contribution in [2.24, 2.45) is 0 Å². The van der Waals surface area contributed by atoms with Crippen molar-refractivity contribution in [1.82, 2.24) is 15.2 Å². The molecular formula is C20H27N5O2. The van der Waals surface area contributed by atoms with E-state index in [0.29, 0.717) is 19.1 Å². The van der Waals surface area contributed by atoms with E-state index in [0.717, 1.165) is 30.3 Å². The number of nitrogens with zero attached hydrogens (tertiary/aromatic N) is 3. The van der Waals surface area contributed by atoms with Crippen molar-refractivity contribution in [3.8, 4) is 11.5 Å². The van der Waals surface area contributed by atoms with Gasteiger partial charge in [0.05, 0.1) is 19.9 Å². The van der Waals surface area contributed by atoms with Crippen LogP contribution in [0.15, 0.2) is 42.1 Å². The van der Waals surface area contributed by atoms with Crippen LogP contribution in [0.3, 0.4) is 0 Å². The number of nitrogens with one attached hydrogen (secondary N) is 2. The average Bonchev–Trinajstić information content (AvgIpc) is 2.73. The van der Waals surface area contributed by atoms with Gasteiger partial charge in [-0.25, -0.2) is 0 Å². The van der Waals surface area contributed by atoms with Crippen molar-refractivity contribution in [1.29, 1.82) is 0 Å². The Hall–Kier alpha value is -2.83. The third-order valence-corrected chi connectivity index (χ3v) is 4.41. The fourth-order valence-electron chi connectivity index (χ4n) is 2.95. The van der Waals surface area contributed by atoms with Crippen LogP contribution in [0, 0.1) is 0 Å². The van der Waals surface area contributed by atoms with Crippen LogP contribution in [0.4, 0.5) is 11.8 Å². The summed E-state index contributed by atoms with van der Waals surface area (Å²) in [6, 6.07) is 7.50. The van der Waals surface area contributed by atoms with Crippen molar-refractivity contribution in [3.05, 3.63) is 42.1 Å². The highest BCUT2D eigenvalue weighted by molar-refractivity contribution is 5.37. The van der Waals surface area contributed by atoms with Crippen LogP contribution in [-0.2, 0) is 0 Å². The molecule has 1 heterocycles. The van der Waals surface area contributed by atoms with Crippen LogP contribution in [0.2, 0.25) is 0 Å². The molecule has 0 radical (unpaired) electrons. The van der Waals surface area contributed by atoms with Gasteiger partial charge in [0, 0.05) is 6.54 Å². The van der Waals surface area contributed by atoms with E-state index in [4.69, 9.17) is 9.47 Å². The number of aromatic nitrogens is 3. The summed E-state index contributed by atoms with van der Waals surface area (Å²) in [6.45, 7) is 1.95. The molecule has 2 aromatic rings. The van der Waals surface area contributed by atoms with Gasteiger partial charge in [0.25, 0.3) is 0 Å². The van der Waals surface area contributed by atoms with Gasteiger partial charge in [0.15, 0.2) is 5.82 Å². The third kappa shape index (κ3) is 6.44. The highest BCUT2D eigenvalue weighted by Crippen LogP contribution is 2.20. The Morgan fingerprint density at radius 1 is 1.04 bits per heavy atom. The summed E-state index contributed by atoms with van der Waals surface area (Å²) in [4.78, 5) is 4.44. The number of methoxy groups -OCH3 is 1. The summed E-state index contributed by atoms with van der Waals surface area (Å²) < 4.78 is 10.8. The normalized spacial score (nSPS) is 13.6. The van der Waals surface area contributed by atoms with Gasteiger partial charge in [-0.1, -0.05) is 11.6 Å². The van der Waals surface area contributed by atoms with Crippen molar-refractivity contribution >= 4 is 11.8 Å². The predicted molar refractivity (Wildman–Crippen MR) is 106 cm³/mol. The van der Waals surface area contributed by atoms with Gasteiger partial charge >= 0.3 is 0 Å². The van der Waals surface area contributed by atoms with Gasteiger partial charge < -0.3 is 20.1 Å². The molecule has 0 bridgehead atoms. The van der Waals surface area contributed by atoms with Crippen molar-refractivity contribution in [2.75, 3.05) is 37.4 Å². The monoisotopic (exact) mass is 369 g/mol. The molecule has 0 saturated carbocycles. The Bertz CT molecular complexity index is 733. The largest absolute Gasteiger partial charge is 0.497 e. The molecule has 3 rings (SSSR count). The van der Waals surface area contributed by atoms with Crippen LogP contribution in [0.25, 0.3) is 0 Å². The summed E-state index contributed by atoms with van der Waals surface area (Å²) >= 11 is 0. The molecule has 7 heteroatoms. The second-order valence-corrected chi connectivity index (χ2v) is 6.40. The summed E-state index contributed by atoms with van der Waals surface area (Å²) in [5.41, 5.74) is 1.55. The highest BCUT2D eigenvalue weighted by Gasteiger charge is 2.04. The molecule has 1 aromatic carbocycles. The van der Waals surface area contributed by atoms with Crippen LogP contribution in [-0.4, -0.2) is 42.0 Å². The van der Waals surface area contributed by atoms with Gasteiger partial charge in [0.1, 0.15) is 18.1 Å². The van der Waals surface area contributed by atoms with E-state index in [-0.39, 0.29) is 0 Å². The first-order valence-electron chi connectivity index (χ1n) is 9.46. The van der Waals surface area contributed by atoms with E-state index in [1.807, 2.05) is 24.3 Å². The summed E-state index contributed by atoms with van der Waals surface area (Å²) in [6.07, 6.45) is 10.2. The molecule has 7 nitrogen and oxygen atoms in total. The van der Waals surface area contributed by atoms with Crippen LogP contribution < -0.4 is 20.1 Å². The zero-order valence-electron chi connectivity index (χ0n) is 15.8. The average molecular weight is 369 g/mol. The van der Waals surface area contributed by atoms with E-state index in [9.17, 15) is 0 Å². The number of allylic oxidation sites excluding steroid dienone is 1. The SMILES string of the molecule is COc1ccc(OCCNc2nncc(NCCC3=CCCCC3)n2)cc1. The number of rotatable bonds is 10. The molecule has 1 aromatic heterocycles. The fraction of sp³-hybridized carbons (Fsp3) is 0.450. The number of ether oxygens (including phenoxy) is 2. The van der Waals surface area contributed by atoms with Crippen molar-refractivity contribution in [2.45, 2.75) is 32.1 Å². The Morgan fingerprint density at radius 2 is 1.89 bits per heavy atom. The highest BCUT2D eigenvalue weighted by atomic mass is 16.5. The Morgan fingerprint density at radius 3 is 2.67 bits per heavy atom. The van der Waals surface area contributed by atoms with E-state index in [2.05, 4.69) is 31.9 Å². The summed E-state index contributed by atoms with van der Waals surface area (Å²) in [5.74, 6) is 2.84. The number of hydrogen-bond acceptors (Lipinski definition) is 7. The van der Waals surface area contributed by atoms with Crippen LogP contribution in [0.5, 0.6) is 11.5 Å². The molecule has 0 saturated heterocycles. The number of benzene rings is 1. The lowest BCUT2D eigenvalue weighted by atomic mass is 9.97. The Kier molecular flexibility index (Phi) is 7.26. The fourth-order valence-corrected chi connectivity index (χ4v) is 2.95. The number of hydrogen-bond donors (Lipinski definition) is 2. The lowest BCUT2D eigenvalue weighted by Crippen LogP contribution is -2.15. The molecule has 0 amide bonds. The molecule has 0 fully saturated rings. The molecule has 1 aliphatic carbocycles. The maximum absolute atomic E-state index is 5.67. The lowest BCUT2D eigenvalue weighted by molar-refractivity contribution is 0.331. The predicted octanol–water partition coefficient (Wildman–Crippen LogP) is 3.67. The minimum Gasteiger partial charge on any atom is -0.497 e. The molecule has 0 atom stereocenters. The van der Waals surface area contributed by atoms with Crippen LogP contribution >= 0.6 is 0 Å². The molecule has 0 aliphatic heterocycles. The second kappa shape index (κ2) is 10.4. The Labute approximate surface area is 160 Å². The molecular weight excluding hydrogens is 342 g/mol. The standard InChI is InChI=1S/C20H27N5O2/c1-26-17-7-9-18(10-8-17)27-14-13-22-20-24-19(15-23-25-20)21-12-11-16-5-3-2-4-6-16/h5,7-10,15H,2-4,6,11-14H2,1H3,(H2,21,22,24,25). The third-order valence-electron chi connectivity index (χ3n) is 4.41. The minimum absolute atomic E-state index is 0.496.